The van der Waals surface area contributed by atoms with Gasteiger partial charge in [0.05, 0.1) is 0 Å². The Bertz CT molecular complexity index is 1780. The molecule has 7 aromatic rings. The van der Waals surface area contributed by atoms with Crippen LogP contribution in [0.3, 0.4) is 0 Å². The lowest BCUT2D eigenvalue weighted by atomic mass is 10.1. The van der Waals surface area contributed by atoms with Gasteiger partial charge in [0.2, 0.25) is 0 Å². The van der Waals surface area contributed by atoms with Crippen molar-refractivity contribution in [3.8, 4) is 0 Å². The molecule has 0 aliphatic carbocycles. The maximum absolute atomic E-state index is 14.2. The minimum atomic E-state index is 0.0413. The van der Waals surface area contributed by atoms with E-state index >= 15 is 0 Å². The van der Waals surface area contributed by atoms with Crippen LogP contribution in [-0.2, 0) is 0 Å². The maximum atomic E-state index is 14.2. The van der Waals surface area contributed by atoms with E-state index in [9.17, 15) is 4.79 Å². The molecule has 1 aromatic heterocycles. The summed E-state index contributed by atoms with van der Waals surface area (Å²) in [7, 11) is 0. The normalized spacial score (nSPS) is 11.0. The van der Waals surface area contributed by atoms with Gasteiger partial charge in [-0.15, -0.1) is 11.3 Å². The van der Waals surface area contributed by atoms with Crippen molar-refractivity contribution < 1.29 is 0 Å². The molecule has 0 aliphatic rings. The number of fused-ring (bicyclic) bond motifs is 2. The van der Waals surface area contributed by atoms with Crippen LogP contribution in [0, 0.1) is 0 Å². The fraction of sp³-hybridized carbons (Fsp3) is 0. The summed E-state index contributed by atoms with van der Waals surface area (Å²) in [5.74, 6) is 0. The lowest BCUT2D eigenvalue weighted by molar-refractivity contribution is 1.29. The number of hydrogen-bond donors (Lipinski definition) is 0. The van der Waals surface area contributed by atoms with E-state index in [1.165, 1.54) is 0 Å². The van der Waals surface area contributed by atoms with Crippen molar-refractivity contribution in [2.45, 2.75) is 0 Å². The third-order valence-electron chi connectivity index (χ3n) is 7.21. The molecule has 0 fully saturated rings. The second kappa shape index (κ2) is 10.8. The Balaban J connectivity index is 1.40. The van der Waals surface area contributed by atoms with Gasteiger partial charge in [0, 0.05) is 54.3 Å². The molecule has 7 rings (SSSR count). The molecule has 196 valence electrons. The predicted octanol–water partition coefficient (Wildman–Crippen LogP) is 10.4. The van der Waals surface area contributed by atoms with Gasteiger partial charge in [-0.3, -0.25) is 4.79 Å². The number of hydrogen-bond acceptors (Lipinski definition) is 4. The van der Waals surface area contributed by atoms with Gasteiger partial charge in [0.15, 0.2) is 5.43 Å². The Morgan fingerprint density at radius 2 is 0.683 bits per heavy atom. The zero-order chi connectivity index (χ0) is 27.6. The fourth-order valence-electron chi connectivity index (χ4n) is 5.31. The summed E-state index contributed by atoms with van der Waals surface area (Å²) in [6, 6.07) is 53.5. The number of anilines is 6. The Morgan fingerprint density at radius 3 is 1.00 bits per heavy atom. The molecule has 0 amide bonds. The smallest absolute Gasteiger partial charge is 0.196 e. The highest BCUT2D eigenvalue weighted by atomic mass is 32.1. The van der Waals surface area contributed by atoms with Gasteiger partial charge >= 0.3 is 0 Å². The summed E-state index contributed by atoms with van der Waals surface area (Å²) in [4.78, 5) is 18.5. The minimum absolute atomic E-state index is 0.0413. The molecule has 0 atom stereocenters. The zero-order valence-corrected chi connectivity index (χ0v) is 23.0. The van der Waals surface area contributed by atoms with Crippen molar-refractivity contribution >= 4 is 65.6 Å². The highest BCUT2D eigenvalue weighted by Gasteiger charge is 2.17. The van der Waals surface area contributed by atoms with Gasteiger partial charge < -0.3 is 9.80 Å². The van der Waals surface area contributed by atoms with Gasteiger partial charge in [0.25, 0.3) is 0 Å². The largest absolute Gasteiger partial charge is 0.310 e. The van der Waals surface area contributed by atoms with Crippen LogP contribution in [-0.4, -0.2) is 0 Å². The van der Waals surface area contributed by atoms with Crippen LogP contribution in [0.25, 0.3) is 20.2 Å². The van der Waals surface area contributed by atoms with E-state index in [-0.39, 0.29) is 5.43 Å². The highest BCUT2D eigenvalue weighted by molar-refractivity contribution is 7.24. The lowest BCUT2D eigenvalue weighted by Gasteiger charge is -2.26. The number of rotatable bonds is 6. The zero-order valence-electron chi connectivity index (χ0n) is 22.2. The molecular weight excluding hydrogens is 520 g/mol. The molecule has 6 aromatic carbocycles. The van der Waals surface area contributed by atoms with Crippen molar-refractivity contribution in [2.75, 3.05) is 9.80 Å². The Labute approximate surface area is 242 Å². The third-order valence-corrected chi connectivity index (χ3v) is 8.36. The fourth-order valence-corrected chi connectivity index (χ4v) is 6.35. The van der Waals surface area contributed by atoms with E-state index in [0.29, 0.717) is 0 Å². The van der Waals surface area contributed by atoms with Crippen molar-refractivity contribution in [1.82, 2.24) is 0 Å². The molecule has 0 unspecified atom stereocenters. The summed E-state index contributed by atoms with van der Waals surface area (Å²) >= 11 is 1.65. The van der Waals surface area contributed by atoms with Gasteiger partial charge in [-0.1, -0.05) is 72.8 Å². The summed E-state index contributed by atoms with van der Waals surface area (Å²) < 4.78 is 1.95. The molecule has 0 spiro atoms. The maximum Gasteiger partial charge on any atom is 0.196 e. The van der Waals surface area contributed by atoms with Crippen LogP contribution in [0.2, 0.25) is 0 Å². The predicted molar refractivity (Wildman–Crippen MR) is 175 cm³/mol. The second-order valence-corrected chi connectivity index (χ2v) is 10.9. The van der Waals surface area contributed by atoms with Crippen LogP contribution in [0.5, 0.6) is 0 Å². The first-order valence-electron chi connectivity index (χ1n) is 13.6. The SMILES string of the molecule is O=c1c2cc(N(c3ccccc3)c3ccccc3)ccc2sc2ccc(N(c3ccccc3)c3ccccc3)cc12. The van der Waals surface area contributed by atoms with Gasteiger partial charge in [-0.2, -0.15) is 0 Å². The summed E-state index contributed by atoms with van der Waals surface area (Å²) in [5, 5.41) is 1.44. The molecule has 0 bridgehead atoms. The van der Waals surface area contributed by atoms with Crippen molar-refractivity contribution in [3.05, 3.63) is 168 Å². The van der Waals surface area contributed by atoms with E-state index in [2.05, 4.69) is 82.6 Å². The van der Waals surface area contributed by atoms with Gasteiger partial charge in [0.1, 0.15) is 0 Å². The number of nitrogens with zero attached hydrogens (tertiary/aromatic N) is 2. The highest BCUT2D eigenvalue weighted by Crippen LogP contribution is 2.39. The van der Waals surface area contributed by atoms with Gasteiger partial charge in [-0.25, -0.2) is 0 Å². The van der Waals surface area contributed by atoms with E-state index < -0.39 is 0 Å². The molecule has 0 radical (unpaired) electrons. The van der Waals surface area contributed by atoms with Crippen LogP contribution in [0.4, 0.5) is 34.1 Å². The van der Waals surface area contributed by atoms with Crippen molar-refractivity contribution in [2.24, 2.45) is 0 Å². The van der Waals surface area contributed by atoms with Crippen LogP contribution < -0.4 is 15.2 Å². The van der Waals surface area contributed by atoms with Crippen molar-refractivity contribution in [3.63, 3.8) is 0 Å². The Morgan fingerprint density at radius 1 is 0.366 bits per heavy atom. The molecule has 0 saturated heterocycles. The molecular formula is C37H26N2OS. The number of benzene rings is 6. The second-order valence-electron chi connectivity index (χ2n) is 9.81. The first-order chi connectivity index (χ1) is 20.3. The van der Waals surface area contributed by atoms with E-state index in [1.807, 2.05) is 84.9 Å². The van der Waals surface area contributed by atoms with Crippen molar-refractivity contribution in [1.29, 1.82) is 0 Å². The average molecular weight is 547 g/mol. The summed E-state index contributed by atoms with van der Waals surface area (Å²) in [5.41, 5.74) is 6.10. The molecule has 4 heteroatoms. The number of para-hydroxylation sites is 4. The quantitative estimate of drug-likeness (QED) is 0.194. The topological polar surface area (TPSA) is 23.6 Å². The third kappa shape index (κ3) is 4.75. The first kappa shape index (κ1) is 24.8. The molecule has 41 heavy (non-hydrogen) atoms. The van der Waals surface area contributed by atoms with Crippen LogP contribution in [0.15, 0.2) is 163 Å². The lowest BCUT2D eigenvalue weighted by Crippen LogP contribution is -2.11. The van der Waals surface area contributed by atoms with Gasteiger partial charge in [-0.05, 0) is 84.9 Å². The standard InChI is InChI=1S/C37H26N2OS/c40-37-33-25-31(38(27-13-5-1-6-14-27)28-15-7-2-8-16-28)21-23-35(33)41-36-24-22-32(26-34(36)37)39(29-17-9-3-10-18-29)30-19-11-4-12-20-30/h1-26H. The average Bonchev–Trinajstić information content (AvgIpc) is 3.04. The Hall–Kier alpha value is -5.19. The van der Waals surface area contributed by atoms with E-state index in [0.717, 1.165) is 54.3 Å². The van der Waals surface area contributed by atoms with E-state index in [4.69, 9.17) is 0 Å². The molecule has 0 saturated carbocycles. The molecule has 0 N–H and O–H groups in total. The summed E-state index contributed by atoms with van der Waals surface area (Å²) in [6.07, 6.45) is 0. The molecule has 1 heterocycles. The van der Waals surface area contributed by atoms with Crippen LogP contribution >= 0.6 is 11.3 Å². The Kier molecular flexibility index (Phi) is 6.51. The van der Waals surface area contributed by atoms with E-state index in [1.54, 1.807) is 11.3 Å². The molecule has 3 nitrogen and oxygen atoms in total. The molecule has 0 aliphatic heterocycles. The first-order valence-corrected chi connectivity index (χ1v) is 14.4. The summed E-state index contributed by atoms with van der Waals surface area (Å²) in [6.45, 7) is 0. The minimum Gasteiger partial charge on any atom is -0.310 e. The van der Waals surface area contributed by atoms with Crippen LogP contribution in [0.1, 0.15) is 0 Å². The monoisotopic (exact) mass is 546 g/mol.